The van der Waals surface area contributed by atoms with Crippen molar-refractivity contribution in [3.63, 3.8) is 0 Å². The van der Waals surface area contributed by atoms with Gasteiger partial charge in [0.05, 0.1) is 6.61 Å². The summed E-state index contributed by atoms with van der Waals surface area (Å²) in [6.07, 6.45) is 2.14. The third kappa shape index (κ3) is 2.98. The lowest BCUT2D eigenvalue weighted by Crippen LogP contribution is -2.20. The second kappa shape index (κ2) is 6.39. The number of aromatic nitrogens is 4. The predicted octanol–water partition coefficient (Wildman–Crippen LogP) is 3.44. The molecule has 0 saturated carbocycles. The molecule has 0 radical (unpaired) electrons. The van der Waals surface area contributed by atoms with Crippen LogP contribution in [-0.2, 0) is 0 Å². The number of ether oxygens (including phenoxy) is 1. The van der Waals surface area contributed by atoms with Crippen LogP contribution < -0.4 is 10.1 Å². The summed E-state index contributed by atoms with van der Waals surface area (Å²) >= 11 is 0. The van der Waals surface area contributed by atoms with E-state index >= 15 is 0 Å². The summed E-state index contributed by atoms with van der Waals surface area (Å²) in [4.78, 5) is 0. The Kier molecular flexibility index (Phi) is 3.93. The van der Waals surface area contributed by atoms with Gasteiger partial charge in [-0.2, -0.15) is 4.68 Å². The van der Waals surface area contributed by atoms with E-state index in [-0.39, 0.29) is 6.04 Å². The van der Waals surface area contributed by atoms with E-state index in [0.29, 0.717) is 12.6 Å². The molecule has 1 atom stereocenters. The van der Waals surface area contributed by atoms with Crippen molar-refractivity contribution in [2.75, 3.05) is 11.9 Å². The first kappa shape index (κ1) is 15.4. The molecule has 1 aliphatic heterocycles. The molecule has 0 amide bonds. The van der Waals surface area contributed by atoms with Gasteiger partial charge in [-0.1, -0.05) is 47.1 Å². The van der Waals surface area contributed by atoms with Crippen LogP contribution in [0.15, 0.2) is 54.6 Å². The van der Waals surface area contributed by atoms with Crippen LogP contribution in [0.3, 0.4) is 0 Å². The van der Waals surface area contributed by atoms with Crippen molar-refractivity contribution in [3.8, 4) is 5.75 Å². The van der Waals surface area contributed by atoms with Crippen LogP contribution in [0.2, 0.25) is 0 Å². The Balaban J connectivity index is 1.73. The molecule has 0 unspecified atom stereocenters. The van der Waals surface area contributed by atoms with Gasteiger partial charge < -0.3 is 10.1 Å². The number of nitrogens with one attached hydrogen (secondary N) is 1. The van der Waals surface area contributed by atoms with Gasteiger partial charge in [-0.15, -0.1) is 0 Å². The molecule has 4 rings (SSSR count). The van der Waals surface area contributed by atoms with Crippen molar-refractivity contribution in [1.82, 2.24) is 20.2 Å². The largest absolute Gasteiger partial charge is 0.494 e. The van der Waals surface area contributed by atoms with Crippen LogP contribution in [0.25, 0.3) is 5.70 Å². The first-order chi connectivity index (χ1) is 12.2. The summed E-state index contributed by atoms with van der Waals surface area (Å²) in [6, 6.07) is 16.4. The zero-order valence-electron chi connectivity index (χ0n) is 14.2. The Bertz CT molecular complexity index is 896. The van der Waals surface area contributed by atoms with Crippen LogP contribution in [0.4, 0.5) is 5.95 Å². The minimum atomic E-state index is -0.0711. The highest BCUT2D eigenvalue weighted by Crippen LogP contribution is 2.32. The molecule has 0 fully saturated rings. The fourth-order valence-electron chi connectivity index (χ4n) is 2.92. The molecule has 0 bridgehead atoms. The number of rotatable bonds is 4. The van der Waals surface area contributed by atoms with E-state index < -0.39 is 0 Å². The minimum Gasteiger partial charge on any atom is -0.494 e. The maximum Gasteiger partial charge on any atom is 0.248 e. The molecule has 1 aromatic heterocycles. The quantitative estimate of drug-likeness (QED) is 0.792. The molecule has 0 saturated heterocycles. The molecule has 126 valence electrons. The number of fused-ring (bicyclic) bond motifs is 1. The Morgan fingerprint density at radius 2 is 1.84 bits per heavy atom. The minimum absolute atomic E-state index is 0.0711. The Hall–Kier alpha value is -3.15. The van der Waals surface area contributed by atoms with E-state index in [1.165, 1.54) is 5.56 Å². The molecule has 2 heterocycles. The van der Waals surface area contributed by atoms with Gasteiger partial charge in [0.15, 0.2) is 0 Å². The molecule has 1 N–H and O–H groups in total. The lowest BCUT2D eigenvalue weighted by molar-refractivity contribution is 0.340. The number of nitrogens with zero attached hydrogens (tertiary/aromatic N) is 4. The Morgan fingerprint density at radius 3 is 2.56 bits per heavy atom. The normalized spacial score (nSPS) is 15.9. The van der Waals surface area contributed by atoms with Crippen LogP contribution >= 0.6 is 0 Å². The monoisotopic (exact) mass is 333 g/mol. The lowest BCUT2D eigenvalue weighted by Gasteiger charge is -2.23. The van der Waals surface area contributed by atoms with Crippen LogP contribution in [0.5, 0.6) is 5.75 Å². The van der Waals surface area contributed by atoms with Gasteiger partial charge >= 0.3 is 0 Å². The van der Waals surface area contributed by atoms with Gasteiger partial charge in [-0.3, -0.25) is 0 Å². The van der Waals surface area contributed by atoms with Crippen molar-refractivity contribution in [2.45, 2.75) is 19.9 Å². The molecule has 0 spiro atoms. The summed E-state index contributed by atoms with van der Waals surface area (Å²) < 4.78 is 7.31. The zero-order valence-corrected chi connectivity index (χ0v) is 14.2. The standard InChI is InChI=1S/C19H19N5O/c1-3-25-16-10-8-15(9-11-16)18-12-17(14-6-4-13(2)5-7-14)20-19-21-22-23-24(18)19/h4-12,18H,3H2,1-2H3,(H,20,21,23)/t18-/m1/s1. The molecule has 0 aliphatic carbocycles. The van der Waals surface area contributed by atoms with E-state index in [9.17, 15) is 0 Å². The fraction of sp³-hybridized carbons (Fsp3) is 0.211. The van der Waals surface area contributed by atoms with Crippen LogP contribution in [0.1, 0.15) is 29.7 Å². The summed E-state index contributed by atoms with van der Waals surface area (Å²) in [6.45, 7) is 4.71. The zero-order chi connectivity index (χ0) is 17.2. The second-order valence-corrected chi connectivity index (χ2v) is 5.97. The molecular formula is C19H19N5O. The number of hydrogen-bond donors (Lipinski definition) is 1. The summed E-state index contributed by atoms with van der Waals surface area (Å²) in [7, 11) is 0. The smallest absolute Gasteiger partial charge is 0.248 e. The first-order valence-electron chi connectivity index (χ1n) is 8.31. The van der Waals surface area contributed by atoms with Gasteiger partial charge in [0.2, 0.25) is 5.95 Å². The number of aryl methyl sites for hydroxylation is 1. The van der Waals surface area contributed by atoms with Crippen molar-refractivity contribution >= 4 is 11.6 Å². The van der Waals surface area contributed by atoms with Gasteiger partial charge in [0.25, 0.3) is 0 Å². The van der Waals surface area contributed by atoms with Crippen molar-refractivity contribution in [2.24, 2.45) is 0 Å². The lowest BCUT2D eigenvalue weighted by atomic mass is 10.0. The number of hydrogen-bond acceptors (Lipinski definition) is 5. The summed E-state index contributed by atoms with van der Waals surface area (Å²) in [5.74, 6) is 1.50. The average Bonchev–Trinajstić information content (AvgIpc) is 3.11. The van der Waals surface area contributed by atoms with Crippen molar-refractivity contribution in [3.05, 3.63) is 71.3 Å². The maximum atomic E-state index is 5.53. The van der Waals surface area contributed by atoms with Gasteiger partial charge in [0, 0.05) is 5.70 Å². The number of benzene rings is 2. The third-order valence-electron chi connectivity index (χ3n) is 4.22. The molecule has 6 nitrogen and oxygen atoms in total. The Morgan fingerprint density at radius 1 is 1.08 bits per heavy atom. The molecule has 6 heteroatoms. The number of allylic oxidation sites excluding steroid dienone is 1. The molecule has 3 aromatic rings. The highest BCUT2D eigenvalue weighted by Gasteiger charge is 2.24. The topological polar surface area (TPSA) is 64.9 Å². The molecule has 2 aromatic carbocycles. The van der Waals surface area contributed by atoms with E-state index in [1.807, 2.05) is 19.1 Å². The molecule has 25 heavy (non-hydrogen) atoms. The summed E-state index contributed by atoms with van der Waals surface area (Å²) in [5.41, 5.74) is 4.44. The SMILES string of the molecule is CCOc1ccc([C@H]2C=C(c3ccc(C)cc3)Nc3nnnn32)cc1. The predicted molar refractivity (Wildman–Crippen MR) is 96.3 cm³/mol. The van der Waals surface area contributed by atoms with Crippen LogP contribution in [0, 0.1) is 6.92 Å². The number of tetrazole rings is 1. The van der Waals surface area contributed by atoms with Gasteiger partial charge in [-0.25, -0.2) is 0 Å². The third-order valence-corrected chi connectivity index (χ3v) is 4.22. The first-order valence-corrected chi connectivity index (χ1v) is 8.31. The van der Waals surface area contributed by atoms with Gasteiger partial charge in [-0.05, 0) is 53.6 Å². The molecule has 1 aliphatic rings. The van der Waals surface area contributed by atoms with Crippen molar-refractivity contribution < 1.29 is 4.74 Å². The van der Waals surface area contributed by atoms with Gasteiger partial charge in [0.1, 0.15) is 11.8 Å². The fourth-order valence-corrected chi connectivity index (χ4v) is 2.92. The van der Waals surface area contributed by atoms with E-state index in [1.54, 1.807) is 4.68 Å². The summed E-state index contributed by atoms with van der Waals surface area (Å²) in [5, 5.41) is 15.3. The molecular weight excluding hydrogens is 314 g/mol. The van der Waals surface area contributed by atoms with E-state index in [2.05, 4.69) is 70.2 Å². The second-order valence-electron chi connectivity index (χ2n) is 5.97. The Labute approximate surface area is 146 Å². The van der Waals surface area contributed by atoms with Crippen molar-refractivity contribution in [1.29, 1.82) is 0 Å². The highest BCUT2D eigenvalue weighted by molar-refractivity contribution is 5.77. The maximum absolute atomic E-state index is 5.53. The van der Waals surface area contributed by atoms with E-state index in [0.717, 1.165) is 22.6 Å². The highest BCUT2D eigenvalue weighted by atomic mass is 16.5. The van der Waals surface area contributed by atoms with Crippen LogP contribution in [-0.4, -0.2) is 26.8 Å². The number of anilines is 1. The van der Waals surface area contributed by atoms with E-state index in [4.69, 9.17) is 4.74 Å². The average molecular weight is 333 g/mol.